The number of hydrogen-bond donors (Lipinski definition) is 1. The van der Waals surface area contributed by atoms with Crippen molar-refractivity contribution in [1.82, 2.24) is 10.2 Å². The van der Waals surface area contributed by atoms with Crippen LogP contribution < -0.4 is 5.32 Å². The Hall–Kier alpha value is -2.33. The van der Waals surface area contributed by atoms with Crippen LogP contribution >= 0.6 is 11.6 Å². The van der Waals surface area contributed by atoms with Crippen molar-refractivity contribution in [1.29, 1.82) is 0 Å². The molecule has 1 saturated heterocycles. The molecular weight excluding hydrogens is 372 g/mol. The van der Waals surface area contributed by atoms with E-state index in [0.29, 0.717) is 19.6 Å². The summed E-state index contributed by atoms with van der Waals surface area (Å²) in [5.41, 5.74) is 2.18. The van der Waals surface area contributed by atoms with E-state index in [9.17, 15) is 9.59 Å². The molecule has 0 bridgehead atoms. The van der Waals surface area contributed by atoms with Gasteiger partial charge in [-0.2, -0.15) is 0 Å². The lowest BCUT2D eigenvalue weighted by atomic mass is 9.95. The molecule has 1 N–H and O–H groups in total. The fraction of sp³-hybridized carbons (Fsp3) is 0.391. The number of nitrogens with zero attached hydrogens (tertiary/aromatic N) is 1. The number of carbonyl (C=O) groups excluding carboxylic acids is 2. The lowest BCUT2D eigenvalue weighted by Crippen LogP contribution is -2.43. The number of benzene rings is 2. The number of likely N-dealkylation sites (tertiary alicyclic amines) is 1. The number of hydrogen-bond acceptors (Lipinski definition) is 2. The summed E-state index contributed by atoms with van der Waals surface area (Å²) in [6.07, 6.45) is 2.34. The average molecular weight is 397 g/mol. The topological polar surface area (TPSA) is 49.4 Å². The van der Waals surface area contributed by atoms with Crippen molar-refractivity contribution < 1.29 is 9.59 Å². The fourth-order valence-corrected chi connectivity index (χ4v) is 4.39. The molecule has 2 fully saturated rings. The third kappa shape index (κ3) is 4.22. The molecule has 1 heterocycles. The Balaban J connectivity index is 1.25. The molecule has 2 amide bonds. The zero-order valence-corrected chi connectivity index (χ0v) is 16.6. The lowest BCUT2D eigenvalue weighted by molar-refractivity contribution is -0.136. The van der Waals surface area contributed by atoms with Crippen molar-refractivity contribution in [3.8, 4) is 0 Å². The van der Waals surface area contributed by atoms with Crippen molar-refractivity contribution in [2.24, 2.45) is 11.8 Å². The van der Waals surface area contributed by atoms with E-state index in [4.69, 9.17) is 11.6 Å². The maximum absolute atomic E-state index is 12.8. The SMILES string of the molecule is O=C(NCc1ccccc1)C1CCN(C(=O)C2CC2c2ccccc2Cl)CC1. The second kappa shape index (κ2) is 8.36. The lowest BCUT2D eigenvalue weighted by Gasteiger charge is -2.31. The summed E-state index contributed by atoms with van der Waals surface area (Å²) in [5, 5.41) is 3.77. The van der Waals surface area contributed by atoms with Crippen LogP contribution in [-0.2, 0) is 16.1 Å². The van der Waals surface area contributed by atoms with Crippen molar-refractivity contribution in [3.05, 3.63) is 70.7 Å². The molecule has 1 aliphatic carbocycles. The summed E-state index contributed by atoms with van der Waals surface area (Å²) in [7, 11) is 0. The van der Waals surface area contributed by atoms with Gasteiger partial charge >= 0.3 is 0 Å². The van der Waals surface area contributed by atoms with Crippen molar-refractivity contribution in [3.63, 3.8) is 0 Å². The highest BCUT2D eigenvalue weighted by molar-refractivity contribution is 6.31. The van der Waals surface area contributed by atoms with Crippen molar-refractivity contribution >= 4 is 23.4 Å². The fourth-order valence-electron chi connectivity index (χ4n) is 4.11. The second-order valence-corrected chi connectivity index (χ2v) is 8.18. The highest BCUT2D eigenvalue weighted by Gasteiger charge is 2.47. The van der Waals surface area contributed by atoms with E-state index in [2.05, 4.69) is 5.32 Å². The van der Waals surface area contributed by atoms with Crippen molar-refractivity contribution in [2.75, 3.05) is 13.1 Å². The monoisotopic (exact) mass is 396 g/mol. The van der Waals surface area contributed by atoms with Crippen LogP contribution in [0.3, 0.4) is 0 Å². The standard InChI is InChI=1S/C23H25ClN2O2/c24-21-9-5-4-8-18(21)19-14-20(19)23(28)26-12-10-17(11-13-26)22(27)25-15-16-6-2-1-3-7-16/h1-9,17,19-20H,10-15H2,(H,25,27). The maximum Gasteiger partial charge on any atom is 0.226 e. The first-order chi connectivity index (χ1) is 13.6. The number of amides is 2. The molecule has 4 nitrogen and oxygen atoms in total. The molecule has 2 aromatic carbocycles. The Labute approximate surface area is 170 Å². The summed E-state index contributed by atoms with van der Waals surface area (Å²) >= 11 is 6.27. The van der Waals surface area contributed by atoms with Gasteiger partial charge in [0.1, 0.15) is 0 Å². The molecule has 0 radical (unpaired) electrons. The largest absolute Gasteiger partial charge is 0.352 e. The molecular formula is C23H25ClN2O2. The zero-order valence-electron chi connectivity index (χ0n) is 15.8. The van der Waals surface area contributed by atoms with Crippen LogP contribution in [0, 0.1) is 11.8 Å². The van der Waals surface area contributed by atoms with Gasteiger partial charge < -0.3 is 10.2 Å². The molecule has 2 aliphatic rings. The first-order valence-corrected chi connectivity index (χ1v) is 10.4. The Morgan fingerprint density at radius 3 is 2.39 bits per heavy atom. The Kier molecular flexibility index (Phi) is 5.67. The van der Waals surface area contributed by atoms with Gasteiger partial charge in [0.05, 0.1) is 0 Å². The molecule has 2 aromatic rings. The van der Waals surface area contributed by atoms with Crippen LogP contribution in [-0.4, -0.2) is 29.8 Å². The van der Waals surface area contributed by atoms with Gasteiger partial charge in [-0.15, -0.1) is 0 Å². The number of nitrogens with one attached hydrogen (secondary N) is 1. The molecule has 2 unspecified atom stereocenters. The molecule has 1 aliphatic heterocycles. The molecule has 146 valence electrons. The summed E-state index contributed by atoms with van der Waals surface area (Å²) < 4.78 is 0. The van der Waals surface area contributed by atoms with Crippen LogP contribution in [0.15, 0.2) is 54.6 Å². The third-order valence-corrected chi connectivity index (χ3v) is 6.24. The number of rotatable bonds is 5. The van der Waals surface area contributed by atoms with Gasteiger partial charge in [0.15, 0.2) is 0 Å². The summed E-state index contributed by atoms with van der Waals surface area (Å²) in [4.78, 5) is 27.2. The van der Waals surface area contributed by atoms with Crippen LogP contribution in [0.25, 0.3) is 0 Å². The van der Waals surface area contributed by atoms with E-state index in [1.165, 1.54) is 0 Å². The predicted molar refractivity (Wildman–Crippen MR) is 110 cm³/mol. The number of halogens is 1. The second-order valence-electron chi connectivity index (χ2n) is 7.77. The molecule has 5 heteroatoms. The van der Waals surface area contributed by atoms with Gasteiger partial charge in [0, 0.05) is 36.5 Å². The number of piperidine rings is 1. The Bertz CT molecular complexity index is 847. The van der Waals surface area contributed by atoms with Crippen LogP contribution in [0.1, 0.15) is 36.3 Å². The Morgan fingerprint density at radius 2 is 1.68 bits per heavy atom. The normalized spacial score (nSPS) is 22.0. The van der Waals surface area contributed by atoms with Gasteiger partial charge in [-0.3, -0.25) is 9.59 Å². The van der Waals surface area contributed by atoms with Crippen LogP contribution in [0.5, 0.6) is 0 Å². The minimum absolute atomic E-state index is 0.00803. The van der Waals surface area contributed by atoms with E-state index in [-0.39, 0.29) is 29.6 Å². The van der Waals surface area contributed by atoms with E-state index in [0.717, 1.165) is 35.4 Å². The average Bonchev–Trinajstić information content (AvgIpc) is 3.53. The van der Waals surface area contributed by atoms with Crippen LogP contribution in [0.2, 0.25) is 5.02 Å². The minimum Gasteiger partial charge on any atom is -0.352 e. The molecule has 4 rings (SSSR count). The first kappa shape index (κ1) is 19.0. The van der Waals surface area contributed by atoms with Gasteiger partial charge in [0.25, 0.3) is 0 Å². The van der Waals surface area contributed by atoms with Crippen molar-refractivity contribution in [2.45, 2.75) is 31.7 Å². The highest BCUT2D eigenvalue weighted by Crippen LogP contribution is 2.50. The molecule has 2 atom stereocenters. The van der Waals surface area contributed by atoms with Gasteiger partial charge in [-0.05, 0) is 42.4 Å². The molecule has 0 spiro atoms. The van der Waals surface area contributed by atoms with Crippen LogP contribution in [0.4, 0.5) is 0 Å². The predicted octanol–water partition coefficient (Wildman–Crippen LogP) is 4.00. The van der Waals surface area contributed by atoms with Gasteiger partial charge in [0.2, 0.25) is 11.8 Å². The first-order valence-electron chi connectivity index (χ1n) is 9.98. The number of carbonyl (C=O) groups is 2. The van der Waals surface area contributed by atoms with Gasteiger partial charge in [-0.1, -0.05) is 60.1 Å². The highest BCUT2D eigenvalue weighted by atomic mass is 35.5. The third-order valence-electron chi connectivity index (χ3n) is 5.90. The quantitative estimate of drug-likeness (QED) is 0.830. The Morgan fingerprint density at radius 1 is 1.00 bits per heavy atom. The molecule has 1 saturated carbocycles. The minimum atomic E-state index is -0.00803. The van der Waals surface area contributed by atoms with Gasteiger partial charge in [-0.25, -0.2) is 0 Å². The van der Waals surface area contributed by atoms with E-state index < -0.39 is 0 Å². The van der Waals surface area contributed by atoms with E-state index in [1.807, 2.05) is 59.5 Å². The van der Waals surface area contributed by atoms with E-state index >= 15 is 0 Å². The molecule has 0 aromatic heterocycles. The van der Waals surface area contributed by atoms with E-state index in [1.54, 1.807) is 0 Å². The molecule has 28 heavy (non-hydrogen) atoms. The maximum atomic E-state index is 12.8. The smallest absolute Gasteiger partial charge is 0.226 e. The summed E-state index contributed by atoms with van der Waals surface area (Å²) in [6.45, 7) is 1.88. The zero-order chi connectivity index (χ0) is 19.5. The summed E-state index contributed by atoms with van der Waals surface area (Å²) in [6, 6.07) is 17.7. The summed E-state index contributed by atoms with van der Waals surface area (Å²) in [5.74, 6) is 0.590.